The topological polar surface area (TPSA) is 59.6 Å². The summed E-state index contributed by atoms with van der Waals surface area (Å²) in [6.07, 6.45) is 4.87. The van der Waals surface area contributed by atoms with Crippen LogP contribution in [0.2, 0.25) is 0 Å². The molecule has 0 unspecified atom stereocenters. The molecule has 26 heavy (non-hydrogen) atoms. The lowest BCUT2D eigenvalue weighted by molar-refractivity contribution is 0.294. The Morgan fingerprint density at radius 1 is 1.23 bits per heavy atom. The number of unbranched alkanes of at least 4 members (excludes halogenated alkanes) is 1. The second-order valence-electron chi connectivity index (χ2n) is 5.80. The Morgan fingerprint density at radius 3 is 2.73 bits per heavy atom. The molecule has 3 aromatic rings. The molecular formula is C20H20FN3O2. The summed E-state index contributed by atoms with van der Waals surface area (Å²) in [5.74, 6) is -0.221. The molecule has 0 saturated carbocycles. The first kappa shape index (κ1) is 17.7. The first-order valence-electron chi connectivity index (χ1n) is 8.48. The third-order valence-corrected chi connectivity index (χ3v) is 3.92. The average Bonchev–Trinajstić information content (AvgIpc) is 3.08. The van der Waals surface area contributed by atoms with Gasteiger partial charge in [-0.05, 0) is 36.8 Å². The number of para-hydroxylation sites is 1. The van der Waals surface area contributed by atoms with Gasteiger partial charge in [-0.1, -0.05) is 36.7 Å². The van der Waals surface area contributed by atoms with E-state index in [0.717, 1.165) is 18.5 Å². The average molecular weight is 353 g/mol. The highest BCUT2D eigenvalue weighted by atomic mass is 19.1. The van der Waals surface area contributed by atoms with Crippen molar-refractivity contribution in [1.29, 1.82) is 0 Å². The number of benzene rings is 2. The van der Waals surface area contributed by atoms with Crippen molar-refractivity contribution in [2.75, 3.05) is 6.61 Å². The van der Waals surface area contributed by atoms with Crippen molar-refractivity contribution in [2.24, 2.45) is 5.16 Å². The normalized spacial score (nSPS) is 11.2. The van der Waals surface area contributed by atoms with Crippen LogP contribution in [0.4, 0.5) is 4.39 Å². The maximum absolute atomic E-state index is 14.4. The Balaban J connectivity index is 1.95. The molecule has 0 fully saturated rings. The number of rotatable bonds is 7. The zero-order valence-electron chi connectivity index (χ0n) is 14.5. The smallest absolute Gasteiger partial charge is 0.165 e. The van der Waals surface area contributed by atoms with E-state index in [1.165, 1.54) is 12.3 Å². The van der Waals surface area contributed by atoms with E-state index >= 15 is 0 Å². The van der Waals surface area contributed by atoms with Crippen LogP contribution >= 0.6 is 0 Å². The molecule has 0 spiro atoms. The zero-order valence-corrected chi connectivity index (χ0v) is 14.5. The Bertz CT molecular complexity index is 891. The summed E-state index contributed by atoms with van der Waals surface area (Å²) in [6, 6.07) is 14.3. The lowest BCUT2D eigenvalue weighted by atomic mass is 10.1. The summed E-state index contributed by atoms with van der Waals surface area (Å²) in [6.45, 7) is 2.54. The summed E-state index contributed by atoms with van der Waals surface area (Å²) >= 11 is 0. The van der Waals surface area contributed by atoms with Crippen molar-refractivity contribution in [1.82, 2.24) is 9.78 Å². The van der Waals surface area contributed by atoms with Crippen molar-refractivity contribution < 1.29 is 14.3 Å². The van der Waals surface area contributed by atoms with Crippen LogP contribution in [0.5, 0.6) is 5.75 Å². The van der Waals surface area contributed by atoms with Gasteiger partial charge in [0.25, 0.3) is 0 Å². The van der Waals surface area contributed by atoms with Crippen molar-refractivity contribution in [3.8, 4) is 22.7 Å². The summed E-state index contributed by atoms with van der Waals surface area (Å²) in [5.41, 5.74) is 2.53. The van der Waals surface area contributed by atoms with Gasteiger partial charge < -0.3 is 9.94 Å². The van der Waals surface area contributed by atoms with E-state index in [4.69, 9.17) is 9.94 Å². The second-order valence-corrected chi connectivity index (χ2v) is 5.80. The van der Waals surface area contributed by atoms with Crippen LogP contribution in [0.1, 0.15) is 25.3 Å². The quantitative estimate of drug-likeness (QED) is 0.291. The van der Waals surface area contributed by atoms with Gasteiger partial charge in [0.1, 0.15) is 5.69 Å². The van der Waals surface area contributed by atoms with Gasteiger partial charge >= 0.3 is 0 Å². The predicted molar refractivity (Wildman–Crippen MR) is 98.7 cm³/mol. The van der Waals surface area contributed by atoms with Crippen LogP contribution in [0.15, 0.2) is 59.9 Å². The van der Waals surface area contributed by atoms with E-state index in [1.807, 2.05) is 30.3 Å². The third-order valence-electron chi connectivity index (χ3n) is 3.92. The minimum absolute atomic E-state index is 0.224. The van der Waals surface area contributed by atoms with Gasteiger partial charge in [-0.2, -0.15) is 5.10 Å². The van der Waals surface area contributed by atoms with Gasteiger partial charge in [0.05, 0.1) is 18.5 Å². The lowest BCUT2D eigenvalue weighted by Crippen LogP contribution is -1.99. The summed E-state index contributed by atoms with van der Waals surface area (Å²) in [7, 11) is 0. The predicted octanol–water partition coefficient (Wildman–Crippen LogP) is 4.67. The monoisotopic (exact) mass is 353 g/mol. The summed E-state index contributed by atoms with van der Waals surface area (Å²) < 4.78 is 21.5. The minimum atomic E-state index is -0.445. The molecule has 0 saturated heterocycles. The fraction of sp³-hybridized carbons (Fsp3) is 0.200. The number of hydrogen-bond donors (Lipinski definition) is 1. The van der Waals surface area contributed by atoms with E-state index in [-0.39, 0.29) is 5.75 Å². The zero-order chi connectivity index (χ0) is 18.4. The maximum Gasteiger partial charge on any atom is 0.165 e. The van der Waals surface area contributed by atoms with Crippen LogP contribution in [0.3, 0.4) is 0 Å². The molecule has 2 aromatic carbocycles. The number of halogens is 1. The third kappa shape index (κ3) is 3.91. The molecule has 0 amide bonds. The van der Waals surface area contributed by atoms with Crippen molar-refractivity contribution in [3.05, 3.63) is 66.1 Å². The largest absolute Gasteiger partial charge is 0.491 e. The van der Waals surface area contributed by atoms with Gasteiger partial charge in [-0.25, -0.2) is 9.07 Å². The van der Waals surface area contributed by atoms with Crippen LogP contribution < -0.4 is 4.74 Å². The molecule has 1 aromatic heterocycles. The van der Waals surface area contributed by atoms with Crippen LogP contribution in [0.25, 0.3) is 16.9 Å². The highest BCUT2D eigenvalue weighted by Gasteiger charge is 2.14. The van der Waals surface area contributed by atoms with Crippen LogP contribution in [-0.4, -0.2) is 27.8 Å². The molecule has 0 aliphatic carbocycles. The Kier molecular flexibility index (Phi) is 5.63. The first-order chi connectivity index (χ1) is 12.7. The van der Waals surface area contributed by atoms with Gasteiger partial charge in [0.15, 0.2) is 11.6 Å². The fourth-order valence-electron chi connectivity index (χ4n) is 2.57. The fourth-order valence-corrected chi connectivity index (χ4v) is 2.57. The summed E-state index contributed by atoms with van der Waals surface area (Å²) in [4.78, 5) is 0. The van der Waals surface area contributed by atoms with E-state index < -0.39 is 5.82 Å². The SMILES string of the molecule is CCCCOc1ccc(-c2nn(-c3ccccc3)cc2/C=N\O)cc1F. The van der Waals surface area contributed by atoms with Gasteiger partial charge in [0, 0.05) is 17.3 Å². The molecule has 0 atom stereocenters. The number of hydrogen-bond acceptors (Lipinski definition) is 4. The van der Waals surface area contributed by atoms with Gasteiger partial charge in [-0.3, -0.25) is 0 Å². The molecule has 5 nitrogen and oxygen atoms in total. The highest BCUT2D eigenvalue weighted by molar-refractivity contribution is 5.88. The van der Waals surface area contributed by atoms with E-state index in [0.29, 0.717) is 23.4 Å². The Labute approximate surface area is 151 Å². The van der Waals surface area contributed by atoms with E-state index in [9.17, 15) is 4.39 Å². The summed E-state index contributed by atoms with van der Waals surface area (Å²) in [5, 5.41) is 16.5. The number of aromatic nitrogens is 2. The molecule has 134 valence electrons. The molecule has 0 aliphatic rings. The Morgan fingerprint density at radius 2 is 2.04 bits per heavy atom. The molecule has 1 N–H and O–H groups in total. The molecule has 1 heterocycles. The van der Waals surface area contributed by atoms with E-state index in [1.54, 1.807) is 23.0 Å². The molecule has 0 aliphatic heterocycles. The van der Waals surface area contributed by atoms with Crippen molar-refractivity contribution in [2.45, 2.75) is 19.8 Å². The number of nitrogens with zero attached hydrogens (tertiary/aromatic N) is 3. The first-order valence-corrected chi connectivity index (χ1v) is 8.48. The van der Waals surface area contributed by atoms with Gasteiger partial charge in [-0.15, -0.1) is 0 Å². The molecule has 0 bridgehead atoms. The van der Waals surface area contributed by atoms with Gasteiger partial charge in [0.2, 0.25) is 0 Å². The lowest BCUT2D eigenvalue weighted by Gasteiger charge is -2.08. The van der Waals surface area contributed by atoms with Crippen LogP contribution in [-0.2, 0) is 0 Å². The van der Waals surface area contributed by atoms with E-state index in [2.05, 4.69) is 17.2 Å². The maximum atomic E-state index is 14.4. The Hall–Kier alpha value is -3.15. The van der Waals surface area contributed by atoms with Crippen LogP contribution in [0, 0.1) is 5.82 Å². The standard InChI is InChI=1S/C20H20FN3O2/c1-2-3-11-26-19-10-9-15(12-18(19)21)20-16(13-22-25)14-24(23-20)17-7-5-4-6-8-17/h4-10,12-14,25H,2-3,11H2,1H3/b22-13-. The second kappa shape index (κ2) is 8.29. The molecule has 6 heteroatoms. The van der Waals surface area contributed by atoms with Crippen molar-refractivity contribution in [3.63, 3.8) is 0 Å². The molecule has 3 rings (SSSR count). The minimum Gasteiger partial charge on any atom is -0.491 e. The number of ether oxygens (including phenoxy) is 1. The highest BCUT2D eigenvalue weighted by Crippen LogP contribution is 2.27. The molecular weight excluding hydrogens is 333 g/mol. The number of oxime groups is 1. The molecule has 0 radical (unpaired) electrons. The van der Waals surface area contributed by atoms with Crippen molar-refractivity contribution >= 4 is 6.21 Å².